The van der Waals surface area contributed by atoms with E-state index in [4.69, 9.17) is 5.73 Å². The molecule has 3 N–H and O–H groups in total. The molecule has 0 aromatic carbocycles. The first kappa shape index (κ1) is 14.4. The van der Waals surface area contributed by atoms with Gasteiger partial charge >= 0.3 is 5.97 Å². The van der Waals surface area contributed by atoms with Gasteiger partial charge in [0.05, 0.1) is 0 Å². The molecule has 0 radical (unpaired) electrons. The number of aromatic nitrogens is 1. The average molecular weight is 323 g/mol. The monoisotopic (exact) mass is 323 g/mol. The lowest BCUT2D eigenvalue weighted by atomic mass is 10.0. The van der Waals surface area contributed by atoms with Crippen molar-refractivity contribution in [1.29, 1.82) is 0 Å². The molecule has 0 saturated carbocycles. The van der Waals surface area contributed by atoms with E-state index in [1.807, 2.05) is 12.1 Å². The molecule has 21 heavy (non-hydrogen) atoms. The fourth-order valence-corrected chi connectivity index (χ4v) is 4.61. The first-order chi connectivity index (χ1) is 10.1. The smallest absolute Gasteiger partial charge is 0.352 e. The van der Waals surface area contributed by atoms with Gasteiger partial charge in [-0.3, -0.25) is 14.7 Å². The number of nitrogens with zero attached hydrogens (tertiary/aromatic N) is 2. The minimum absolute atomic E-state index is 0.0989. The average Bonchev–Trinajstić information content (AvgIpc) is 2.52. The van der Waals surface area contributed by atoms with Gasteiger partial charge in [0.15, 0.2) is 0 Å². The van der Waals surface area contributed by atoms with Crippen LogP contribution in [0.25, 0.3) is 0 Å². The van der Waals surface area contributed by atoms with Crippen LogP contribution in [0.2, 0.25) is 0 Å². The zero-order valence-electron chi connectivity index (χ0n) is 10.9. The van der Waals surface area contributed by atoms with Crippen molar-refractivity contribution in [3.63, 3.8) is 0 Å². The fraction of sp³-hybridized carbons (Fsp3) is 0.308. The van der Waals surface area contributed by atoms with E-state index in [-0.39, 0.29) is 17.0 Å². The van der Waals surface area contributed by atoms with Crippen LogP contribution in [0.15, 0.2) is 40.7 Å². The standard InChI is InChI=1S/C13H13N3O3S2/c14-9-11(17)16-10(13(18)19)7(6-21-12(9)16)5-20-8-2-1-3-15-4-8/h1-4,9,12H,5-6,14H2,(H,18,19)/t9?,12-/m1/s1. The summed E-state index contributed by atoms with van der Waals surface area (Å²) in [6, 6.07) is 3.16. The number of rotatable bonds is 4. The van der Waals surface area contributed by atoms with E-state index in [9.17, 15) is 14.7 Å². The van der Waals surface area contributed by atoms with Crippen LogP contribution in [0.4, 0.5) is 0 Å². The van der Waals surface area contributed by atoms with Gasteiger partial charge in [-0.15, -0.1) is 23.5 Å². The predicted molar refractivity (Wildman–Crippen MR) is 80.7 cm³/mol. The molecule has 1 fully saturated rings. The second kappa shape index (κ2) is 5.70. The van der Waals surface area contributed by atoms with Crippen LogP contribution < -0.4 is 5.73 Å². The Hall–Kier alpha value is -1.51. The largest absolute Gasteiger partial charge is 0.477 e. The quantitative estimate of drug-likeness (QED) is 0.623. The Labute approximate surface area is 129 Å². The van der Waals surface area contributed by atoms with Gasteiger partial charge in [0.25, 0.3) is 0 Å². The fourth-order valence-electron chi connectivity index (χ4n) is 2.29. The van der Waals surface area contributed by atoms with Gasteiger partial charge in [0, 0.05) is 28.8 Å². The third-order valence-electron chi connectivity index (χ3n) is 3.34. The van der Waals surface area contributed by atoms with Crippen molar-refractivity contribution in [2.45, 2.75) is 16.3 Å². The zero-order valence-corrected chi connectivity index (χ0v) is 12.6. The van der Waals surface area contributed by atoms with E-state index in [2.05, 4.69) is 4.98 Å². The van der Waals surface area contributed by atoms with E-state index in [1.165, 1.54) is 28.4 Å². The SMILES string of the molecule is NC1C(=O)N2C(C(=O)O)=C(CSc3cccnc3)CS[C@H]12. The van der Waals surface area contributed by atoms with Crippen LogP contribution in [0.1, 0.15) is 0 Å². The molecule has 1 saturated heterocycles. The van der Waals surface area contributed by atoms with E-state index in [1.54, 1.807) is 12.4 Å². The molecule has 2 aliphatic heterocycles. The van der Waals surface area contributed by atoms with Gasteiger partial charge in [0.1, 0.15) is 17.1 Å². The summed E-state index contributed by atoms with van der Waals surface area (Å²) in [4.78, 5) is 29.6. The summed E-state index contributed by atoms with van der Waals surface area (Å²) in [6.07, 6.45) is 3.42. The Kier molecular flexibility index (Phi) is 3.92. The molecular formula is C13H13N3O3S2. The summed E-state index contributed by atoms with van der Waals surface area (Å²) in [5.41, 5.74) is 6.56. The lowest BCUT2D eigenvalue weighted by Crippen LogP contribution is -2.68. The first-order valence-corrected chi connectivity index (χ1v) is 8.31. The van der Waals surface area contributed by atoms with E-state index in [0.717, 1.165) is 10.5 Å². The van der Waals surface area contributed by atoms with Gasteiger partial charge in [-0.2, -0.15) is 0 Å². The first-order valence-electron chi connectivity index (χ1n) is 6.28. The Morgan fingerprint density at radius 1 is 1.62 bits per heavy atom. The second-order valence-corrected chi connectivity index (χ2v) is 6.82. The Morgan fingerprint density at radius 2 is 2.43 bits per heavy atom. The number of fused-ring (bicyclic) bond motifs is 1. The number of thioether (sulfide) groups is 2. The van der Waals surface area contributed by atoms with Crippen molar-refractivity contribution in [1.82, 2.24) is 9.88 Å². The molecule has 1 aromatic rings. The van der Waals surface area contributed by atoms with Crippen molar-refractivity contribution in [3.8, 4) is 0 Å². The lowest BCUT2D eigenvalue weighted by Gasteiger charge is -2.48. The number of carbonyl (C=O) groups excluding carboxylic acids is 1. The number of β-lactam (4-membered cyclic amide) rings is 1. The molecule has 3 rings (SSSR count). The lowest BCUT2D eigenvalue weighted by molar-refractivity contribution is -0.147. The minimum Gasteiger partial charge on any atom is -0.477 e. The molecule has 1 aromatic heterocycles. The van der Waals surface area contributed by atoms with Crippen molar-refractivity contribution < 1.29 is 14.7 Å². The van der Waals surface area contributed by atoms with E-state index in [0.29, 0.717) is 11.5 Å². The molecule has 0 bridgehead atoms. The number of aliphatic carboxylic acids is 1. The molecule has 2 atom stereocenters. The molecule has 6 nitrogen and oxygen atoms in total. The van der Waals surface area contributed by atoms with Gasteiger partial charge in [-0.1, -0.05) is 0 Å². The van der Waals surface area contributed by atoms with E-state index >= 15 is 0 Å². The van der Waals surface area contributed by atoms with Crippen molar-refractivity contribution >= 4 is 35.4 Å². The number of carboxylic acid groups (broad SMARTS) is 1. The molecule has 3 heterocycles. The maximum Gasteiger partial charge on any atom is 0.352 e. The maximum absolute atomic E-state index is 11.8. The normalized spacial score (nSPS) is 24.6. The van der Waals surface area contributed by atoms with Crippen LogP contribution in [0.5, 0.6) is 0 Å². The van der Waals surface area contributed by atoms with Gasteiger partial charge in [-0.25, -0.2) is 4.79 Å². The molecule has 0 spiro atoms. The molecule has 110 valence electrons. The Morgan fingerprint density at radius 3 is 3.10 bits per heavy atom. The van der Waals surface area contributed by atoms with Crippen LogP contribution in [0, 0.1) is 0 Å². The van der Waals surface area contributed by atoms with Gasteiger partial charge < -0.3 is 10.8 Å². The van der Waals surface area contributed by atoms with E-state index < -0.39 is 12.0 Å². The van der Waals surface area contributed by atoms with Crippen molar-refractivity contribution in [2.75, 3.05) is 11.5 Å². The summed E-state index contributed by atoms with van der Waals surface area (Å²) in [5, 5.41) is 9.17. The Balaban J connectivity index is 1.81. The highest BCUT2D eigenvalue weighted by Gasteiger charge is 2.51. The van der Waals surface area contributed by atoms with Crippen molar-refractivity contribution in [2.24, 2.45) is 5.73 Å². The topological polar surface area (TPSA) is 96.5 Å². The number of amides is 1. The molecule has 8 heteroatoms. The summed E-state index contributed by atoms with van der Waals surface area (Å²) < 4.78 is 0. The van der Waals surface area contributed by atoms with Crippen LogP contribution in [-0.2, 0) is 9.59 Å². The molecule has 1 amide bonds. The number of pyridine rings is 1. The zero-order chi connectivity index (χ0) is 15.0. The summed E-state index contributed by atoms with van der Waals surface area (Å²) in [5.74, 6) is -0.279. The number of carbonyl (C=O) groups is 2. The summed E-state index contributed by atoms with van der Waals surface area (Å²) in [7, 11) is 0. The molecular weight excluding hydrogens is 310 g/mol. The number of hydrogen-bond donors (Lipinski definition) is 2. The third-order valence-corrected chi connectivity index (χ3v) is 5.77. The summed E-state index contributed by atoms with van der Waals surface area (Å²) >= 11 is 3.03. The van der Waals surface area contributed by atoms with Gasteiger partial charge in [-0.05, 0) is 17.7 Å². The number of nitrogens with two attached hydrogens (primary N) is 1. The Bertz CT molecular complexity index is 620. The van der Waals surface area contributed by atoms with Crippen LogP contribution in [0.3, 0.4) is 0 Å². The number of carboxylic acids is 1. The summed E-state index contributed by atoms with van der Waals surface area (Å²) in [6.45, 7) is 0. The number of hydrogen-bond acceptors (Lipinski definition) is 6. The maximum atomic E-state index is 11.8. The molecule has 2 aliphatic rings. The molecule has 0 aliphatic carbocycles. The second-order valence-electron chi connectivity index (χ2n) is 4.67. The highest BCUT2D eigenvalue weighted by Crippen LogP contribution is 2.40. The highest BCUT2D eigenvalue weighted by atomic mass is 32.2. The minimum atomic E-state index is -1.07. The highest BCUT2D eigenvalue weighted by molar-refractivity contribution is 8.01. The van der Waals surface area contributed by atoms with Crippen LogP contribution in [-0.4, -0.2) is 49.8 Å². The van der Waals surface area contributed by atoms with Crippen molar-refractivity contribution in [3.05, 3.63) is 35.8 Å². The predicted octanol–water partition coefficient (Wildman–Crippen LogP) is 0.755. The van der Waals surface area contributed by atoms with Gasteiger partial charge in [0.2, 0.25) is 5.91 Å². The molecule has 1 unspecified atom stereocenters. The third kappa shape index (κ3) is 2.54. The van der Waals surface area contributed by atoms with Crippen LogP contribution >= 0.6 is 23.5 Å².